The summed E-state index contributed by atoms with van der Waals surface area (Å²) in [5.41, 5.74) is 0.574. The molecule has 5 nitrogen and oxygen atoms in total. The molecular formula is C19H35N3O2. The summed E-state index contributed by atoms with van der Waals surface area (Å²) >= 11 is 0. The Bertz CT molecular complexity index is 401. The molecule has 138 valence electrons. The lowest BCUT2D eigenvalue weighted by molar-refractivity contribution is 0.0199. The van der Waals surface area contributed by atoms with Crippen molar-refractivity contribution in [1.82, 2.24) is 10.2 Å². The minimum atomic E-state index is 0.312. The van der Waals surface area contributed by atoms with Crippen LogP contribution in [0.25, 0.3) is 0 Å². The maximum Gasteiger partial charge on any atom is 0.194 e. The van der Waals surface area contributed by atoms with Gasteiger partial charge >= 0.3 is 0 Å². The van der Waals surface area contributed by atoms with Crippen LogP contribution in [0.4, 0.5) is 0 Å². The molecule has 0 aromatic rings. The fraction of sp³-hybridized carbons (Fsp3) is 0.947. The second-order valence-corrected chi connectivity index (χ2v) is 7.68. The topological polar surface area (TPSA) is 46.1 Å². The molecule has 0 bridgehead atoms. The van der Waals surface area contributed by atoms with Crippen molar-refractivity contribution in [3.8, 4) is 0 Å². The van der Waals surface area contributed by atoms with Gasteiger partial charge in [0.05, 0.1) is 25.9 Å². The molecule has 3 fully saturated rings. The van der Waals surface area contributed by atoms with E-state index in [2.05, 4.69) is 17.1 Å². The Labute approximate surface area is 147 Å². The van der Waals surface area contributed by atoms with E-state index in [0.717, 1.165) is 45.2 Å². The van der Waals surface area contributed by atoms with E-state index in [4.69, 9.17) is 14.5 Å². The number of aliphatic imine (C=N–C) groups is 1. The van der Waals surface area contributed by atoms with Gasteiger partial charge in [0, 0.05) is 26.2 Å². The largest absolute Gasteiger partial charge is 0.377 e. The van der Waals surface area contributed by atoms with Gasteiger partial charge in [-0.1, -0.05) is 19.3 Å². The molecule has 1 unspecified atom stereocenters. The van der Waals surface area contributed by atoms with E-state index < -0.39 is 0 Å². The number of rotatable bonds is 6. The second-order valence-electron chi connectivity index (χ2n) is 7.68. The molecule has 1 atom stereocenters. The van der Waals surface area contributed by atoms with Crippen molar-refractivity contribution in [2.75, 3.05) is 46.0 Å². The van der Waals surface area contributed by atoms with Crippen molar-refractivity contribution >= 4 is 5.96 Å². The third-order valence-electron chi connectivity index (χ3n) is 5.81. The van der Waals surface area contributed by atoms with Gasteiger partial charge in [0.1, 0.15) is 0 Å². The molecule has 5 heteroatoms. The van der Waals surface area contributed by atoms with E-state index in [1.165, 1.54) is 51.5 Å². The van der Waals surface area contributed by atoms with Crippen LogP contribution in [-0.4, -0.2) is 63.0 Å². The molecule has 1 saturated carbocycles. The van der Waals surface area contributed by atoms with Crippen molar-refractivity contribution < 1.29 is 9.47 Å². The fourth-order valence-corrected chi connectivity index (χ4v) is 4.46. The lowest BCUT2D eigenvalue weighted by Crippen LogP contribution is -2.41. The van der Waals surface area contributed by atoms with Crippen LogP contribution in [0.3, 0.4) is 0 Å². The molecule has 3 aliphatic rings. The van der Waals surface area contributed by atoms with Gasteiger partial charge in [0.25, 0.3) is 0 Å². The van der Waals surface area contributed by atoms with Crippen molar-refractivity contribution in [2.45, 2.75) is 64.4 Å². The lowest BCUT2D eigenvalue weighted by atomic mass is 9.73. The zero-order chi connectivity index (χ0) is 16.7. The summed E-state index contributed by atoms with van der Waals surface area (Å²) in [7, 11) is 0. The third kappa shape index (κ3) is 4.85. The molecular weight excluding hydrogens is 302 g/mol. The summed E-state index contributed by atoms with van der Waals surface area (Å²) in [6.45, 7) is 8.46. The number of hydrogen-bond donors (Lipinski definition) is 1. The fourth-order valence-electron chi connectivity index (χ4n) is 4.46. The standard InChI is InChI=1S/C19H35N3O2/c1-2-20-18(21-11-14-23-15-17-7-6-13-24-17)22-12-10-19(16-22)8-4-3-5-9-19/h17H,2-16H2,1H3,(H,20,21). The van der Waals surface area contributed by atoms with Crippen LogP contribution < -0.4 is 5.32 Å². The van der Waals surface area contributed by atoms with Crippen LogP contribution >= 0.6 is 0 Å². The Balaban J connectivity index is 1.43. The molecule has 0 aromatic heterocycles. The highest BCUT2D eigenvalue weighted by molar-refractivity contribution is 5.80. The maximum absolute atomic E-state index is 5.74. The van der Waals surface area contributed by atoms with E-state index >= 15 is 0 Å². The summed E-state index contributed by atoms with van der Waals surface area (Å²) in [5, 5.41) is 3.47. The average molecular weight is 338 g/mol. The first kappa shape index (κ1) is 18.0. The number of nitrogens with zero attached hydrogens (tertiary/aromatic N) is 2. The summed E-state index contributed by atoms with van der Waals surface area (Å²) in [4.78, 5) is 7.28. The second kappa shape index (κ2) is 9.04. The van der Waals surface area contributed by atoms with Crippen molar-refractivity contribution in [2.24, 2.45) is 10.4 Å². The molecule has 0 radical (unpaired) electrons. The Morgan fingerprint density at radius 1 is 1.25 bits per heavy atom. The number of ether oxygens (including phenoxy) is 2. The minimum Gasteiger partial charge on any atom is -0.377 e. The predicted octanol–water partition coefficient (Wildman–Crippen LogP) is 2.80. The van der Waals surface area contributed by atoms with Crippen molar-refractivity contribution in [1.29, 1.82) is 0 Å². The quantitative estimate of drug-likeness (QED) is 0.460. The molecule has 24 heavy (non-hydrogen) atoms. The van der Waals surface area contributed by atoms with E-state index in [-0.39, 0.29) is 0 Å². The summed E-state index contributed by atoms with van der Waals surface area (Å²) in [5.74, 6) is 1.08. The molecule has 0 amide bonds. The summed E-state index contributed by atoms with van der Waals surface area (Å²) in [6.07, 6.45) is 11.0. The van der Waals surface area contributed by atoms with Crippen LogP contribution in [0.2, 0.25) is 0 Å². The Hall–Kier alpha value is -0.810. The zero-order valence-corrected chi connectivity index (χ0v) is 15.4. The number of hydrogen-bond acceptors (Lipinski definition) is 3. The van der Waals surface area contributed by atoms with E-state index in [9.17, 15) is 0 Å². The first-order valence-corrected chi connectivity index (χ1v) is 10.0. The Morgan fingerprint density at radius 3 is 2.88 bits per heavy atom. The predicted molar refractivity (Wildman–Crippen MR) is 97.5 cm³/mol. The zero-order valence-electron chi connectivity index (χ0n) is 15.4. The molecule has 3 rings (SSSR count). The monoisotopic (exact) mass is 337 g/mol. The highest BCUT2D eigenvalue weighted by Gasteiger charge is 2.39. The highest BCUT2D eigenvalue weighted by atomic mass is 16.5. The van der Waals surface area contributed by atoms with Gasteiger partial charge < -0.3 is 19.7 Å². The molecule has 2 heterocycles. The minimum absolute atomic E-state index is 0.312. The molecule has 1 N–H and O–H groups in total. The van der Waals surface area contributed by atoms with Gasteiger partial charge in [-0.05, 0) is 44.4 Å². The third-order valence-corrected chi connectivity index (χ3v) is 5.81. The van der Waals surface area contributed by atoms with Crippen molar-refractivity contribution in [3.63, 3.8) is 0 Å². The van der Waals surface area contributed by atoms with E-state index in [0.29, 0.717) is 18.1 Å². The molecule has 2 aliphatic heterocycles. The highest BCUT2D eigenvalue weighted by Crippen LogP contribution is 2.43. The first-order valence-electron chi connectivity index (χ1n) is 10.0. The van der Waals surface area contributed by atoms with Gasteiger partial charge in [-0.3, -0.25) is 4.99 Å². The van der Waals surface area contributed by atoms with Gasteiger partial charge in [-0.2, -0.15) is 0 Å². The molecule has 0 aromatic carbocycles. The van der Waals surface area contributed by atoms with Crippen LogP contribution in [0.1, 0.15) is 58.3 Å². The van der Waals surface area contributed by atoms with Gasteiger partial charge in [-0.25, -0.2) is 0 Å². The van der Waals surface area contributed by atoms with Crippen LogP contribution in [-0.2, 0) is 9.47 Å². The molecule has 1 spiro atoms. The Kier molecular flexibility index (Phi) is 6.78. The lowest BCUT2D eigenvalue weighted by Gasteiger charge is -2.33. The molecule has 1 aliphatic carbocycles. The van der Waals surface area contributed by atoms with Crippen LogP contribution in [0, 0.1) is 5.41 Å². The SMILES string of the molecule is CCNC(=NCCOCC1CCCO1)N1CCC2(CCCCC2)C1. The van der Waals surface area contributed by atoms with E-state index in [1.807, 2.05) is 0 Å². The molecule has 2 saturated heterocycles. The number of guanidine groups is 1. The summed E-state index contributed by atoms with van der Waals surface area (Å²) in [6, 6.07) is 0. The first-order chi connectivity index (χ1) is 11.8. The van der Waals surface area contributed by atoms with Gasteiger partial charge in [0.2, 0.25) is 0 Å². The number of likely N-dealkylation sites (tertiary alicyclic amines) is 1. The van der Waals surface area contributed by atoms with Gasteiger partial charge in [-0.15, -0.1) is 0 Å². The maximum atomic E-state index is 5.74. The van der Waals surface area contributed by atoms with E-state index in [1.54, 1.807) is 0 Å². The number of nitrogens with one attached hydrogen (secondary N) is 1. The van der Waals surface area contributed by atoms with Gasteiger partial charge in [0.15, 0.2) is 5.96 Å². The van der Waals surface area contributed by atoms with Crippen molar-refractivity contribution in [3.05, 3.63) is 0 Å². The normalized spacial score (nSPS) is 27.1. The summed E-state index contributed by atoms with van der Waals surface area (Å²) < 4.78 is 11.3. The Morgan fingerprint density at radius 2 is 2.12 bits per heavy atom. The van der Waals surface area contributed by atoms with Crippen LogP contribution in [0.5, 0.6) is 0 Å². The van der Waals surface area contributed by atoms with Crippen LogP contribution in [0.15, 0.2) is 4.99 Å². The smallest absolute Gasteiger partial charge is 0.194 e. The average Bonchev–Trinajstić information content (AvgIpc) is 3.25.